The lowest BCUT2D eigenvalue weighted by Crippen LogP contribution is -2.42. The molecule has 0 aliphatic rings. The predicted molar refractivity (Wildman–Crippen MR) is 123 cm³/mol. The Balaban J connectivity index is 2.06. The highest BCUT2D eigenvalue weighted by Gasteiger charge is 2.28. The van der Waals surface area contributed by atoms with Gasteiger partial charge >= 0.3 is 6.03 Å². The molecule has 0 aliphatic heterocycles. The summed E-state index contributed by atoms with van der Waals surface area (Å²) < 4.78 is 6.93. The minimum Gasteiger partial charge on any atom is -0.383 e. The lowest BCUT2D eigenvalue weighted by molar-refractivity contribution is 0.130. The van der Waals surface area contributed by atoms with E-state index in [0.717, 1.165) is 11.3 Å². The topological polar surface area (TPSA) is 76.5 Å². The number of nitrogens with one attached hydrogen (secondary N) is 1. The summed E-state index contributed by atoms with van der Waals surface area (Å²) in [5.74, 6) is 0.588. The van der Waals surface area contributed by atoms with Crippen molar-refractivity contribution in [2.24, 2.45) is 0 Å². The van der Waals surface area contributed by atoms with E-state index in [2.05, 4.69) is 5.32 Å². The third-order valence-electron chi connectivity index (χ3n) is 5.45. The average molecular weight is 423 g/mol. The molecule has 2 amide bonds. The van der Waals surface area contributed by atoms with Crippen molar-refractivity contribution >= 4 is 22.6 Å². The van der Waals surface area contributed by atoms with Crippen LogP contribution in [0.3, 0.4) is 0 Å². The molecule has 1 atom stereocenters. The third-order valence-corrected chi connectivity index (χ3v) is 5.45. The first-order chi connectivity index (χ1) is 15.0. The number of rotatable bonds is 8. The molecule has 0 fully saturated rings. The lowest BCUT2D eigenvalue weighted by Gasteiger charge is -2.32. The molecule has 7 nitrogen and oxygen atoms in total. The molecule has 0 saturated heterocycles. The van der Waals surface area contributed by atoms with Gasteiger partial charge in [-0.2, -0.15) is 0 Å². The molecule has 0 spiro atoms. The largest absolute Gasteiger partial charge is 0.383 e. The molecule has 0 radical (unpaired) electrons. The third kappa shape index (κ3) is 4.77. The minimum absolute atomic E-state index is 0.0902. The number of hydrogen-bond donors (Lipinski definition) is 1. The first-order valence-electron chi connectivity index (χ1n) is 10.6. The number of amides is 2. The number of fused-ring (bicyclic) bond motifs is 1. The Hall–Kier alpha value is -3.19. The summed E-state index contributed by atoms with van der Waals surface area (Å²) in [6, 6.07) is 14.3. The van der Waals surface area contributed by atoms with Crippen molar-refractivity contribution in [2.45, 2.75) is 39.8 Å². The number of methoxy groups -OCH3 is 1. The van der Waals surface area contributed by atoms with E-state index in [1.165, 1.54) is 0 Å². The number of aryl methyl sites for hydroxylation is 1. The smallest absolute Gasteiger partial charge is 0.322 e. The molecule has 1 aromatic heterocycles. The highest BCUT2D eigenvalue weighted by atomic mass is 16.5. The van der Waals surface area contributed by atoms with Gasteiger partial charge in [0, 0.05) is 25.9 Å². The van der Waals surface area contributed by atoms with Crippen LogP contribution in [0.2, 0.25) is 0 Å². The number of aromatic nitrogens is 2. The highest BCUT2D eigenvalue weighted by Crippen LogP contribution is 2.25. The van der Waals surface area contributed by atoms with Crippen LogP contribution in [-0.2, 0) is 11.3 Å². The number of hydrogen-bond acceptors (Lipinski definition) is 4. The normalized spacial score (nSPS) is 12.0. The number of carbonyl (C=O) groups excluding carboxylic acids is 1. The van der Waals surface area contributed by atoms with Gasteiger partial charge in [0.1, 0.15) is 5.82 Å². The first kappa shape index (κ1) is 22.5. The van der Waals surface area contributed by atoms with Crippen LogP contribution in [0, 0.1) is 6.92 Å². The van der Waals surface area contributed by atoms with E-state index < -0.39 is 0 Å². The van der Waals surface area contributed by atoms with E-state index in [-0.39, 0.29) is 17.6 Å². The quantitative estimate of drug-likeness (QED) is 0.585. The molecule has 7 heteroatoms. The maximum Gasteiger partial charge on any atom is 0.322 e. The second kappa shape index (κ2) is 10.2. The Morgan fingerprint density at radius 2 is 1.87 bits per heavy atom. The van der Waals surface area contributed by atoms with Gasteiger partial charge in [-0.15, -0.1) is 0 Å². The molecule has 0 aliphatic carbocycles. The SMILES string of the molecule is CCC(c1nc2ccccc2c(=O)n1CC)N(CCOC)C(=O)Nc1ccccc1C. The predicted octanol–water partition coefficient (Wildman–Crippen LogP) is 4.36. The lowest BCUT2D eigenvalue weighted by atomic mass is 10.1. The number of benzene rings is 2. The molecule has 1 heterocycles. The van der Waals surface area contributed by atoms with Crippen LogP contribution >= 0.6 is 0 Å². The van der Waals surface area contributed by atoms with Gasteiger partial charge in [0.25, 0.3) is 5.56 Å². The standard InChI is InChI=1S/C24H30N4O3/c1-5-21(22-25-20-14-10-8-12-18(20)23(29)27(22)6-2)28(15-16-31-4)24(30)26-19-13-9-7-11-17(19)3/h7-14,21H,5-6,15-16H2,1-4H3,(H,26,30). The first-order valence-corrected chi connectivity index (χ1v) is 10.6. The summed E-state index contributed by atoms with van der Waals surface area (Å²) >= 11 is 0. The van der Waals surface area contributed by atoms with E-state index >= 15 is 0 Å². The summed E-state index contributed by atoms with van der Waals surface area (Å²) in [6.45, 7) is 7.08. The van der Waals surface area contributed by atoms with Gasteiger partial charge < -0.3 is 15.0 Å². The summed E-state index contributed by atoms with van der Waals surface area (Å²) in [6.07, 6.45) is 0.607. The van der Waals surface area contributed by atoms with Gasteiger partial charge in [-0.1, -0.05) is 37.3 Å². The van der Waals surface area contributed by atoms with E-state index in [9.17, 15) is 9.59 Å². The molecule has 164 valence electrons. The zero-order chi connectivity index (χ0) is 22.4. The Labute approximate surface area is 182 Å². The van der Waals surface area contributed by atoms with Crippen LogP contribution in [0.25, 0.3) is 10.9 Å². The summed E-state index contributed by atoms with van der Waals surface area (Å²) in [7, 11) is 1.61. The Morgan fingerprint density at radius 1 is 1.16 bits per heavy atom. The molecule has 1 unspecified atom stereocenters. The van der Waals surface area contributed by atoms with Gasteiger partial charge in [0.05, 0.1) is 23.6 Å². The van der Waals surface area contributed by atoms with Gasteiger partial charge in [-0.3, -0.25) is 9.36 Å². The Morgan fingerprint density at radius 3 is 2.55 bits per heavy atom. The van der Waals surface area contributed by atoms with Gasteiger partial charge in [0.2, 0.25) is 0 Å². The maximum atomic E-state index is 13.3. The Bertz CT molecular complexity index is 1110. The minimum atomic E-state index is -0.378. The van der Waals surface area contributed by atoms with Crippen LogP contribution < -0.4 is 10.9 Å². The second-order valence-corrected chi connectivity index (χ2v) is 7.39. The van der Waals surface area contributed by atoms with Crippen LogP contribution in [-0.4, -0.2) is 40.7 Å². The van der Waals surface area contributed by atoms with E-state index in [1.807, 2.05) is 63.2 Å². The fourth-order valence-corrected chi connectivity index (χ4v) is 3.78. The van der Waals surface area contributed by atoms with Gasteiger partial charge in [-0.05, 0) is 44.0 Å². The molecule has 31 heavy (non-hydrogen) atoms. The van der Waals surface area contributed by atoms with E-state index in [1.54, 1.807) is 22.6 Å². The highest BCUT2D eigenvalue weighted by molar-refractivity contribution is 5.90. The summed E-state index contributed by atoms with van der Waals surface area (Å²) in [5, 5.41) is 3.59. The van der Waals surface area contributed by atoms with E-state index in [4.69, 9.17) is 9.72 Å². The fraction of sp³-hybridized carbons (Fsp3) is 0.375. The molecule has 0 bridgehead atoms. The number of carbonyl (C=O) groups is 1. The number of urea groups is 1. The average Bonchev–Trinajstić information content (AvgIpc) is 2.78. The number of ether oxygens (including phenoxy) is 1. The van der Waals surface area contributed by atoms with Gasteiger partial charge in [-0.25, -0.2) is 9.78 Å². The summed E-state index contributed by atoms with van der Waals surface area (Å²) in [5.41, 5.74) is 2.28. The fourth-order valence-electron chi connectivity index (χ4n) is 3.78. The molecule has 3 aromatic rings. The van der Waals surface area contributed by atoms with Crippen molar-refractivity contribution in [1.82, 2.24) is 14.5 Å². The molecular formula is C24H30N4O3. The molecule has 0 saturated carbocycles. The number of nitrogens with zero attached hydrogens (tertiary/aromatic N) is 3. The van der Waals surface area contributed by atoms with Crippen molar-refractivity contribution < 1.29 is 9.53 Å². The molecular weight excluding hydrogens is 392 g/mol. The summed E-state index contributed by atoms with van der Waals surface area (Å²) in [4.78, 5) is 33.0. The van der Waals surface area contributed by atoms with Crippen molar-refractivity contribution in [3.8, 4) is 0 Å². The zero-order valence-corrected chi connectivity index (χ0v) is 18.6. The number of anilines is 1. The van der Waals surface area contributed by atoms with E-state index in [0.29, 0.717) is 42.8 Å². The van der Waals surface area contributed by atoms with Crippen LogP contribution in [0.4, 0.5) is 10.5 Å². The number of para-hydroxylation sites is 2. The monoisotopic (exact) mass is 422 g/mol. The van der Waals surface area contributed by atoms with Gasteiger partial charge in [0.15, 0.2) is 0 Å². The molecule has 1 N–H and O–H groups in total. The second-order valence-electron chi connectivity index (χ2n) is 7.39. The zero-order valence-electron chi connectivity index (χ0n) is 18.6. The maximum absolute atomic E-state index is 13.3. The van der Waals surface area contributed by atoms with Crippen molar-refractivity contribution in [3.05, 3.63) is 70.3 Å². The van der Waals surface area contributed by atoms with Crippen molar-refractivity contribution in [1.29, 1.82) is 0 Å². The van der Waals surface area contributed by atoms with Crippen LogP contribution in [0.1, 0.15) is 37.7 Å². The Kier molecular flexibility index (Phi) is 7.41. The van der Waals surface area contributed by atoms with Crippen LogP contribution in [0.5, 0.6) is 0 Å². The van der Waals surface area contributed by atoms with Crippen molar-refractivity contribution in [2.75, 3.05) is 25.6 Å². The molecule has 2 aromatic carbocycles. The van der Waals surface area contributed by atoms with Crippen LogP contribution in [0.15, 0.2) is 53.3 Å². The van der Waals surface area contributed by atoms with Crippen molar-refractivity contribution in [3.63, 3.8) is 0 Å². The molecule has 3 rings (SSSR count).